The Kier molecular flexibility index (Phi) is 2.89. The average molecular weight is 252 g/mol. The second kappa shape index (κ2) is 3.69. The van der Waals surface area contributed by atoms with Gasteiger partial charge in [0.25, 0.3) is 10.1 Å². The molecule has 82 valence electrons. The highest BCUT2D eigenvalue weighted by Crippen LogP contribution is 2.26. The molecule has 0 aliphatic carbocycles. The molecule has 0 heterocycles. The van der Waals surface area contributed by atoms with Crippen LogP contribution >= 0.6 is 11.6 Å². The Morgan fingerprint density at radius 3 is 2.33 bits per heavy atom. The quantitative estimate of drug-likeness (QED) is 0.530. The van der Waals surface area contributed by atoms with Crippen molar-refractivity contribution in [3.63, 3.8) is 0 Å². The number of carbonyl (C=O) groups is 1. The Labute approximate surface area is 90.0 Å². The molecule has 1 aromatic carbocycles. The third kappa shape index (κ3) is 2.38. The summed E-state index contributed by atoms with van der Waals surface area (Å²) in [5, 5.41) is 8.44. The molecule has 0 amide bonds. The highest BCUT2D eigenvalue weighted by Gasteiger charge is 2.19. The van der Waals surface area contributed by atoms with Crippen molar-refractivity contribution in [3.8, 4) is 0 Å². The van der Waals surface area contributed by atoms with Crippen molar-refractivity contribution < 1.29 is 22.9 Å². The maximum Gasteiger partial charge on any atom is 0.337 e. The number of aromatic carboxylic acids is 1. The first-order valence-electron chi connectivity index (χ1n) is 3.53. The van der Waals surface area contributed by atoms with Crippen LogP contribution in [0.1, 0.15) is 10.4 Å². The molecule has 0 unspecified atom stereocenters. The number of nitrogen functional groups attached to an aromatic ring is 1. The lowest BCUT2D eigenvalue weighted by Crippen LogP contribution is -2.07. The van der Waals surface area contributed by atoms with Crippen molar-refractivity contribution >= 4 is 33.4 Å². The molecule has 6 nitrogen and oxygen atoms in total. The number of anilines is 1. The fourth-order valence-electron chi connectivity index (χ4n) is 0.956. The average Bonchev–Trinajstić information content (AvgIpc) is 2.00. The molecule has 0 atom stereocenters. The fourth-order valence-corrected chi connectivity index (χ4v) is 1.83. The molecule has 0 aliphatic heterocycles. The van der Waals surface area contributed by atoms with Crippen LogP contribution in [0.2, 0.25) is 5.02 Å². The Balaban J connectivity index is 3.58. The fraction of sp³-hybridized carbons (Fsp3) is 0. The van der Waals surface area contributed by atoms with Gasteiger partial charge >= 0.3 is 5.97 Å². The zero-order valence-corrected chi connectivity index (χ0v) is 8.71. The minimum absolute atomic E-state index is 0.201. The van der Waals surface area contributed by atoms with E-state index in [1.165, 1.54) is 0 Å². The molecule has 0 spiro atoms. The van der Waals surface area contributed by atoms with Crippen molar-refractivity contribution in [1.29, 1.82) is 0 Å². The van der Waals surface area contributed by atoms with Crippen LogP contribution in [-0.2, 0) is 10.1 Å². The maximum atomic E-state index is 10.8. The Morgan fingerprint density at radius 2 is 1.93 bits per heavy atom. The van der Waals surface area contributed by atoms with Crippen molar-refractivity contribution in [2.45, 2.75) is 4.90 Å². The van der Waals surface area contributed by atoms with Gasteiger partial charge in [0.2, 0.25) is 0 Å². The van der Waals surface area contributed by atoms with Gasteiger partial charge in [0.1, 0.15) is 4.90 Å². The molecule has 0 saturated heterocycles. The summed E-state index contributed by atoms with van der Waals surface area (Å²) >= 11 is 5.51. The number of rotatable bonds is 2. The second-order valence-corrected chi connectivity index (χ2v) is 4.45. The van der Waals surface area contributed by atoms with Crippen molar-refractivity contribution in [1.82, 2.24) is 0 Å². The summed E-state index contributed by atoms with van der Waals surface area (Å²) in [6, 6.07) is 1.66. The third-order valence-corrected chi connectivity index (χ3v) is 2.83. The molecule has 8 heteroatoms. The van der Waals surface area contributed by atoms with E-state index in [2.05, 4.69) is 0 Å². The van der Waals surface area contributed by atoms with Gasteiger partial charge in [-0.1, -0.05) is 11.6 Å². The SMILES string of the molecule is Nc1cc(Cl)c(C(=O)O)cc1S(=O)(=O)O. The van der Waals surface area contributed by atoms with E-state index >= 15 is 0 Å². The highest BCUT2D eigenvalue weighted by molar-refractivity contribution is 7.86. The van der Waals surface area contributed by atoms with E-state index in [0.29, 0.717) is 6.07 Å². The Morgan fingerprint density at radius 1 is 1.40 bits per heavy atom. The van der Waals surface area contributed by atoms with Gasteiger partial charge in [-0.2, -0.15) is 8.42 Å². The van der Waals surface area contributed by atoms with Crippen LogP contribution in [-0.4, -0.2) is 24.0 Å². The summed E-state index contributed by atoms with van der Waals surface area (Å²) in [5.41, 5.74) is 4.50. The van der Waals surface area contributed by atoms with Crippen molar-refractivity contribution in [2.24, 2.45) is 0 Å². The van der Waals surface area contributed by atoms with E-state index in [4.69, 9.17) is 27.0 Å². The largest absolute Gasteiger partial charge is 0.478 e. The van der Waals surface area contributed by atoms with Gasteiger partial charge in [-0.05, 0) is 12.1 Å². The molecule has 1 rings (SSSR count). The molecule has 4 N–H and O–H groups in total. The molecule has 0 aromatic heterocycles. The van der Waals surface area contributed by atoms with Crippen LogP contribution in [0, 0.1) is 0 Å². The zero-order chi connectivity index (χ0) is 11.8. The molecule has 0 saturated carbocycles. The molecule has 0 aliphatic rings. The number of hydrogen-bond acceptors (Lipinski definition) is 4. The number of nitrogens with two attached hydrogens (primary N) is 1. The van der Waals surface area contributed by atoms with Gasteiger partial charge in [0, 0.05) is 0 Å². The molecular formula is C7H6ClNO5S. The summed E-state index contributed by atoms with van der Waals surface area (Å²) in [6.45, 7) is 0. The Hall–Kier alpha value is -1.31. The van der Waals surface area contributed by atoms with E-state index < -0.39 is 26.5 Å². The summed E-state index contributed by atoms with van der Waals surface area (Å²) in [4.78, 5) is 9.93. The van der Waals surface area contributed by atoms with E-state index in [1.54, 1.807) is 0 Å². The first-order chi connectivity index (χ1) is 6.73. The lowest BCUT2D eigenvalue weighted by Gasteiger charge is -2.05. The lowest BCUT2D eigenvalue weighted by molar-refractivity contribution is 0.0697. The predicted molar refractivity (Wildman–Crippen MR) is 52.6 cm³/mol. The first kappa shape index (κ1) is 11.8. The van der Waals surface area contributed by atoms with E-state index in [1.807, 2.05) is 0 Å². The lowest BCUT2D eigenvalue weighted by atomic mass is 10.2. The third-order valence-electron chi connectivity index (χ3n) is 1.61. The summed E-state index contributed by atoms with van der Waals surface area (Å²) in [6.07, 6.45) is 0. The topological polar surface area (TPSA) is 118 Å². The second-order valence-electron chi connectivity index (χ2n) is 2.65. The number of halogens is 1. The van der Waals surface area contributed by atoms with Gasteiger partial charge in [-0.3, -0.25) is 4.55 Å². The van der Waals surface area contributed by atoms with Gasteiger partial charge in [0.15, 0.2) is 0 Å². The van der Waals surface area contributed by atoms with Gasteiger partial charge in [-0.15, -0.1) is 0 Å². The highest BCUT2D eigenvalue weighted by atomic mass is 35.5. The number of carboxylic acids is 1. The van der Waals surface area contributed by atoms with Crippen LogP contribution in [0.15, 0.2) is 17.0 Å². The smallest absolute Gasteiger partial charge is 0.337 e. The monoisotopic (exact) mass is 251 g/mol. The van der Waals surface area contributed by atoms with Crippen LogP contribution in [0.4, 0.5) is 5.69 Å². The van der Waals surface area contributed by atoms with Crippen LogP contribution in [0.25, 0.3) is 0 Å². The number of benzene rings is 1. The molecular weight excluding hydrogens is 246 g/mol. The summed E-state index contributed by atoms with van der Waals surface area (Å²) in [7, 11) is -4.55. The van der Waals surface area contributed by atoms with Gasteiger partial charge in [-0.25, -0.2) is 4.79 Å². The van der Waals surface area contributed by atoms with Gasteiger partial charge < -0.3 is 10.8 Å². The van der Waals surface area contributed by atoms with Crippen molar-refractivity contribution in [2.75, 3.05) is 5.73 Å². The van der Waals surface area contributed by atoms with E-state index in [-0.39, 0.29) is 10.7 Å². The van der Waals surface area contributed by atoms with E-state index in [0.717, 1.165) is 6.07 Å². The summed E-state index contributed by atoms with van der Waals surface area (Å²) in [5.74, 6) is -1.41. The van der Waals surface area contributed by atoms with Crippen LogP contribution < -0.4 is 5.73 Å². The first-order valence-corrected chi connectivity index (χ1v) is 5.35. The van der Waals surface area contributed by atoms with Gasteiger partial charge in [0.05, 0.1) is 16.3 Å². The normalized spacial score (nSPS) is 11.3. The number of carboxylic acid groups (broad SMARTS) is 1. The molecule has 0 fully saturated rings. The molecule has 0 radical (unpaired) electrons. The molecule has 0 bridgehead atoms. The predicted octanol–water partition coefficient (Wildman–Crippen LogP) is 0.867. The standard InChI is InChI=1S/C7H6ClNO5S/c8-4-2-5(9)6(15(12,13)14)1-3(4)7(10)11/h1-2H,9H2,(H,10,11)(H,12,13,14). The maximum absolute atomic E-state index is 10.8. The zero-order valence-electron chi connectivity index (χ0n) is 7.14. The van der Waals surface area contributed by atoms with Crippen molar-refractivity contribution in [3.05, 3.63) is 22.7 Å². The van der Waals surface area contributed by atoms with E-state index in [9.17, 15) is 13.2 Å². The Bertz CT molecular complexity index is 524. The minimum Gasteiger partial charge on any atom is -0.478 e. The molecule has 1 aromatic rings. The van der Waals surface area contributed by atoms with Crippen LogP contribution in [0.5, 0.6) is 0 Å². The molecule has 15 heavy (non-hydrogen) atoms. The summed E-state index contributed by atoms with van der Waals surface area (Å²) < 4.78 is 30.3. The number of hydrogen-bond donors (Lipinski definition) is 3. The minimum atomic E-state index is -4.55. The van der Waals surface area contributed by atoms with Crippen LogP contribution in [0.3, 0.4) is 0 Å².